The van der Waals surface area contributed by atoms with Gasteiger partial charge in [-0.25, -0.2) is 0 Å². The zero-order valence-electron chi connectivity index (χ0n) is 10.2. The average Bonchev–Trinajstić information content (AvgIpc) is 2.23. The van der Waals surface area contributed by atoms with Gasteiger partial charge < -0.3 is 10.2 Å². The van der Waals surface area contributed by atoms with Crippen molar-refractivity contribution in [3.8, 4) is 0 Å². The van der Waals surface area contributed by atoms with E-state index in [9.17, 15) is 0 Å². The highest BCUT2D eigenvalue weighted by Crippen LogP contribution is 2.11. The zero-order valence-corrected chi connectivity index (χ0v) is 10.2. The molecule has 0 spiro atoms. The topological polar surface area (TPSA) is 18.5 Å². The van der Waals surface area contributed by atoms with E-state index in [-0.39, 0.29) is 0 Å². The van der Waals surface area contributed by atoms with Crippen LogP contribution in [0, 0.1) is 5.92 Å². The quantitative estimate of drug-likeness (QED) is 0.735. The van der Waals surface area contributed by atoms with Crippen LogP contribution in [0.3, 0.4) is 0 Å². The largest absolute Gasteiger partial charge is 0.316 e. The first-order valence-electron chi connectivity index (χ1n) is 6.46. The lowest BCUT2D eigenvalue weighted by atomic mass is 10.0. The third-order valence-corrected chi connectivity index (χ3v) is 4.00. The van der Waals surface area contributed by atoms with E-state index >= 15 is 0 Å². The molecule has 2 saturated heterocycles. The lowest BCUT2D eigenvalue weighted by Crippen LogP contribution is -2.54. The molecule has 3 nitrogen and oxygen atoms in total. The van der Waals surface area contributed by atoms with Gasteiger partial charge in [-0.3, -0.25) is 4.90 Å². The molecule has 2 fully saturated rings. The van der Waals surface area contributed by atoms with Crippen LogP contribution in [0.25, 0.3) is 0 Å². The van der Waals surface area contributed by atoms with Crippen LogP contribution < -0.4 is 5.32 Å². The van der Waals surface area contributed by atoms with Crippen LogP contribution in [-0.2, 0) is 0 Å². The summed E-state index contributed by atoms with van der Waals surface area (Å²) >= 11 is 0. The number of hydrogen-bond donors (Lipinski definition) is 1. The molecule has 0 aromatic rings. The summed E-state index contributed by atoms with van der Waals surface area (Å²) in [5.74, 6) is 0.931. The van der Waals surface area contributed by atoms with Crippen LogP contribution in [0.5, 0.6) is 0 Å². The minimum absolute atomic E-state index is 0.775. The second-order valence-corrected chi connectivity index (χ2v) is 5.12. The standard InChI is InChI=1S/C12H25N3/c1-3-11(2)15-6-4-14(5-7-15)10-12-8-13-9-12/h11-13H,3-10H2,1-2H3. The molecule has 0 amide bonds. The van der Waals surface area contributed by atoms with Gasteiger partial charge in [-0.05, 0) is 19.3 Å². The number of nitrogens with zero attached hydrogens (tertiary/aromatic N) is 2. The molecular weight excluding hydrogens is 186 g/mol. The Bertz CT molecular complexity index is 183. The fourth-order valence-corrected chi connectivity index (χ4v) is 2.49. The van der Waals surface area contributed by atoms with Gasteiger partial charge in [0.15, 0.2) is 0 Å². The van der Waals surface area contributed by atoms with E-state index in [4.69, 9.17) is 0 Å². The average molecular weight is 211 g/mol. The predicted octanol–water partition coefficient (Wildman–Crippen LogP) is 0.622. The van der Waals surface area contributed by atoms with Crippen molar-refractivity contribution in [2.45, 2.75) is 26.3 Å². The third kappa shape index (κ3) is 2.92. The highest BCUT2D eigenvalue weighted by molar-refractivity contribution is 4.81. The Hall–Kier alpha value is -0.120. The minimum Gasteiger partial charge on any atom is -0.316 e. The van der Waals surface area contributed by atoms with Crippen molar-refractivity contribution in [3.63, 3.8) is 0 Å². The molecule has 3 heteroatoms. The van der Waals surface area contributed by atoms with Gasteiger partial charge in [0.05, 0.1) is 0 Å². The van der Waals surface area contributed by atoms with E-state index in [1.165, 1.54) is 52.2 Å². The van der Waals surface area contributed by atoms with Crippen molar-refractivity contribution in [1.29, 1.82) is 0 Å². The molecule has 1 N–H and O–H groups in total. The lowest BCUT2D eigenvalue weighted by molar-refractivity contribution is 0.0826. The summed E-state index contributed by atoms with van der Waals surface area (Å²) in [6.07, 6.45) is 1.28. The first-order valence-corrected chi connectivity index (χ1v) is 6.46. The maximum absolute atomic E-state index is 3.35. The normalized spacial score (nSPS) is 27.6. The predicted molar refractivity (Wildman–Crippen MR) is 64.1 cm³/mol. The number of hydrogen-bond acceptors (Lipinski definition) is 3. The lowest BCUT2D eigenvalue weighted by Gasteiger charge is -2.40. The van der Waals surface area contributed by atoms with E-state index in [1.54, 1.807) is 0 Å². The van der Waals surface area contributed by atoms with Gasteiger partial charge in [0, 0.05) is 51.9 Å². The van der Waals surface area contributed by atoms with E-state index in [0.717, 1.165) is 12.0 Å². The smallest absolute Gasteiger partial charge is 0.0113 e. The molecule has 15 heavy (non-hydrogen) atoms. The Labute approximate surface area is 93.8 Å². The van der Waals surface area contributed by atoms with Crippen molar-refractivity contribution < 1.29 is 0 Å². The summed E-state index contributed by atoms with van der Waals surface area (Å²) in [4.78, 5) is 5.28. The Morgan fingerprint density at radius 2 is 1.87 bits per heavy atom. The molecule has 2 aliphatic heterocycles. The Morgan fingerprint density at radius 3 is 2.33 bits per heavy atom. The summed E-state index contributed by atoms with van der Waals surface area (Å²) in [6.45, 7) is 13.5. The van der Waals surface area contributed by atoms with Gasteiger partial charge >= 0.3 is 0 Å². The van der Waals surface area contributed by atoms with Crippen LogP contribution in [0.1, 0.15) is 20.3 Å². The molecule has 2 rings (SSSR count). The fraction of sp³-hybridized carbons (Fsp3) is 1.00. The molecule has 0 radical (unpaired) electrons. The monoisotopic (exact) mass is 211 g/mol. The molecule has 0 aromatic heterocycles. The van der Waals surface area contributed by atoms with Crippen molar-refractivity contribution in [3.05, 3.63) is 0 Å². The minimum atomic E-state index is 0.775. The van der Waals surface area contributed by atoms with Gasteiger partial charge in [0.25, 0.3) is 0 Å². The molecule has 1 atom stereocenters. The molecule has 2 aliphatic rings. The summed E-state index contributed by atoms with van der Waals surface area (Å²) in [7, 11) is 0. The first kappa shape index (κ1) is 11.4. The molecule has 0 saturated carbocycles. The van der Waals surface area contributed by atoms with Crippen LogP contribution in [0.15, 0.2) is 0 Å². The van der Waals surface area contributed by atoms with Crippen LogP contribution >= 0.6 is 0 Å². The number of piperazine rings is 1. The number of nitrogens with one attached hydrogen (secondary N) is 1. The SMILES string of the molecule is CCC(C)N1CCN(CC2CNC2)CC1. The fourth-order valence-electron chi connectivity index (χ4n) is 2.49. The van der Waals surface area contributed by atoms with E-state index in [2.05, 4.69) is 29.0 Å². The van der Waals surface area contributed by atoms with Crippen molar-refractivity contribution in [2.75, 3.05) is 45.8 Å². The van der Waals surface area contributed by atoms with Gasteiger partial charge in [-0.1, -0.05) is 6.92 Å². The second-order valence-electron chi connectivity index (χ2n) is 5.12. The van der Waals surface area contributed by atoms with E-state index < -0.39 is 0 Å². The highest BCUT2D eigenvalue weighted by Gasteiger charge is 2.24. The van der Waals surface area contributed by atoms with E-state index in [1.807, 2.05) is 0 Å². The maximum Gasteiger partial charge on any atom is 0.0113 e. The molecule has 2 heterocycles. The Morgan fingerprint density at radius 1 is 1.20 bits per heavy atom. The number of rotatable bonds is 4. The highest BCUT2D eigenvalue weighted by atomic mass is 15.3. The van der Waals surface area contributed by atoms with Crippen molar-refractivity contribution in [2.24, 2.45) is 5.92 Å². The third-order valence-electron chi connectivity index (χ3n) is 4.00. The molecule has 0 aromatic carbocycles. The van der Waals surface area contributed by atoms with Gasteiger partial charge in [0.2, 0.25) is 0 Å². The molecule has 88 valence electrons. The van der Waals surface area contributed by atoms with Crippen molar-refractivity contribution in [1.82, 2.24) is 15.1 Å². The van der Waals surface area contributed by atoms with Gasteiger partial charge in [-0.15, -0.1) is 0 Å². The van der Waals surface area contributed by atoms with Crippen LogP contribution in [0.2, 0.25) is 0 Å². The summed E-state index contributed by atoms with van der Waals surface area (Å²) < 4.78 is 0. The van der Waals surface area contributed by atoms with Crippen molar-refractivity contribution >= 4 is 0 Å². The summed E-state index contributed by atoms with van der Waals surface area (Å²) in [5, 5.41) is 3.35. The van der Waals surface area contributed by atoms with Gasteiger partial charge in [0.1, 0.15) is 0 Å². The molecule has 1 unspecified atom stereocenters. The molecule has 0 bridgehead atoms. The Kier molecular flexibility index (Phi) is 4.00. The Balaban J connectivity index is 1.67. The molecular formula is C12H25N3. The zero-order chi connectivity index (χ0) is 10.7. The first-order chi connectivity index (χ1) is 7.29. The maximum atomic E-state index is 3.35. The molecule has 0 aliphatic carbocycles. The summed E-state index contributed by atoms with van der Waals surface area (Å²) in [6, 6.07) is 0.775. The van der Waals surface area contributed by atoms with E-state index in [0.29, 0.717) is 0 Å². The van der Waals surface area contributed by atoms with Crippen LogP contribution in [-0.4, -0.2) is 61.7 Å². The van der Waals surface area contributed by atoms with Gasteiger partial charge in [-0.2, -0.15) is 0 Å². The summed E-state index contributed by atoms with van der Waals surface area (Å²) in [5.41, 5.74) is 0. The second kappa shape index (κ2) is 5.28. The van der Waals surface area contributed by atoms with Crippen LogP contribution in [0.4, 0.5) is 0 Å².